The molecule has 0 aliphatic heterocycles. The van der Waals surface area contributed by atoms with Crippen molar-refractivity contribution in [1.82, 2.24) is 4.98 Å². The Morgan fingerprint density at radius 2 is 1.78 bits per heavy atom. The summed E-state index contributed by atoms with van der Waals surface area (Å²) in [6.07, 6.45) is 5.90. The number of pyridine rings is 2. The number of nitrogens with zero attached hydrogens (tertiary/aromatic N) is 2. The average molecular weight is 353 g/mol. The van der Waals surface area contributed by atoms with Gasteiger partial charge in [-0.15, -0.1) is 0 Å². The fourth-order valence-corrected chi connectivity index (χ4v) is 3.68. The zero-order valence-electron chi connectivity index (χ0n) is 16.4. The SMILES string of the molecule is Cc1ccc(-c2cccnc2)cc1-c1c2ccc(C(C)C)cc2cc[n+]1C. The molecular weight excluding hydrogens is 328 g/mol. The Balaban J connectivity index is 1.95. The number of rotatable bonds is 3. The lowest BCUT2D eigenvalue weighted by Crippen LogP contribution is -2.30. The molecule has 0 N–H and O–H groups in total. The highest BCUT2D eigenvalue weighted by molar-refractivity contribution is 5.94. The summed E-state index contributed by atoms with van der Waals surface area (Å²) >= 11 is 0. The van der Waals surface area contributed by atoms with Gasteiger partial charge >= 0.3 is 0 Å². The molecule has 0 aliphatic rings. The molecule has 134 valence electrons. The zero-order valence-corrected chi connectivity index (χ0v) is 16.4. The number of benzene rings is 2. The largest absolute Gasteiger partial charge is 0.264 e. The van der Waals surface area contributed by atoms with Gasteiger partial charge in [-0.3, -0.25) is 4.98 Å². The van der Waals surface area contributed by atoms with Gasteiger partial charge in [-0.05, 0) is 53.1 Å². The molecule has 0 atom stereocenters. The Hall–Kier alpha value is -3.00. The van der Waals surface area contributed by atoms with Gasteiger partial charge in [0.05, 0.1) is 10.9 Å². The van der Waals surface area contributed by atoms with Gasteiger partial charge in [0.1, 0.15) is 7.05 Å². The summed E-state index contributed by atoms with van der Waals surface area (Å²) < 4.78 is 2.23. The third kappa shape index (κ3) is 3.23. The van der Waals surface area contributed by atoms with Gasteiger partial charge in [-0.1, -0.05) is 44.2 Å². The molecule has 0 unspecified atom stereocenters. The fourth-order valence-electron chi connectivity index (χ4n) is 3.68. The summed E-state index contributed by atoms with van der Waals surface area (Å²) in [5.74, 6) is 0.530. The molecule has 2 heterocycles. The molecule has 2 aromatic carbocycles. The highest BCUT2D eigenvalue weighted by atomic mass is 14.9. The van der Waals surface area contributed by atoms with Crippen molar-refractivity contribution in [1.29, 1.82) is 0 Å². The first kappa shape index (κ1) is 17.4. The summed E-state index contributed by atoms with van der Waals surface area (Å²) in [4.78, 5) is 4.27. The number of hydrogen-bond acceptors (Lipinski definition) is 1. The number of aromatic nitrogens is 2. The third-order valence-corrected chi connectivity index (χ3v) is 5.32. The highest BCUT2D eigenvalue weighted by Crippen LogP contribution is 2.32. The van der Waals surface area contributed by atoms with Crippen LogP contribution in [0.1, 0.15) is 30.9 Å². The summed E-state index contributed by atoms with van der Waals surface area (Å²) in [6.45, 7) is 6.67. The van der Waals surface area contributed by atoms with E-state index in [4.69, 9.17) is 0 Å². The molecule has 2 heteroatoms. The van der Waals surface area contributed by atoms with Gasteiger partial charge < -0.3 is 0 Å². The second-order valence-electron chi connectivity index (χ2n) is 7.55. The first-order chi connectivity index (χ1) is 13.0. The van der Waals surface area contributed by atoms with Crippen LogP contribution in [0.2, 0.25) is 0 Å². The molecule has 0 bridgehead atoms. The smallest absolute Gasteiger partial charge is 0.220 e. The molecule has 0 amide bonds. The van der Waals surface area contributed by atoms with Gasteiger partial charge in [0.15, 0.2) is 6.20 Å². The van der Waals surface area contributed by atoms with Crippen LogP contribution < -0.4 is 4.57 Å². The minimum atomic E-state index is 0.530. The second-order valence-corrected chi connectivity index (χ2v) is 7.55. The first-order valence-corrected chi connectivity index (χ1v) is 9.48. The van der Waals surface area contributed by atoms with Crippen LogP contribution in [0.5, 0.6) is 0 Å². The van der Waals surface area contributed by atoms with E-state index in [1.807, 2.05) is 18.5 Å². The van der Waals surface area contributed by atoms with E-state index in [1.165, 1.54) is 38.7 Å². The molecule has 0 radical (unpaired) electrons. The van der Waals surface area contributed by atoms with Gasteiger partial charge in [-0.2, -0.15) is 0 Å². The minimum Gasteiger partial charge on any atom is -0.264 e. The molecule has 0 saturated heterocycles. The Bertz CT molecular complexity index is 1110. The molecule has 0 saturated carbocycles. The molecule has 2 aromatic heterocycles. The Kier molecular flexibility index (Phi) is 4.49. The van der Waals surface area contributed by atoms with Crippen LogP contribution in [0.25, 0.3) is 33.2 Å². The standard InChI is InChI=1S/C25H25N2/c1-17(2)19-9-10-23-21(14-19)11-13-27(4)25(23)24-15-20(8-7-18(24)3)22-6-5-12-26-16-22/h5-17H,1-4H3/q+1. The van der Waals surface area contributed by atoms with Crippen LogP contribution in [0.3, 0.4) is 0 Å². The number of aryl methyl sites for hydroxylation is 2. The Morgan fingerprint density at radius 3 is 2.52 bits per heavy atom. The van der Waals surface area contributed by atoms with E-state index in [0.29, 0.717) is 5.92 Å². The molecular formula is C25H25N2+. The molecule has 4 rings (SSSR count). The fraction of sp³-hybridized carbons (Fsp3) is 0.200. The Morgan fingerprint density at radius 1 is 0.926 bits per heavy atom. The van der Waals surface area contributed by atoms with E-state index in [0.717, 1.165) is 5.56 Å². The van der Waals surface area contributed by atoms with Crippen molar-refractivity contribution in [2.75, 3.05) is 0 Å². The maximum atomic E-state index is 4.27. The highest BCUT2D eigenvalue weighted by Gasteiger charge is 2.18. The normalized spacial score (nSPS) is 11.3. The van der Waals surface area contributed by atoms with Crippen molar-refractivity contribution in [3.8, 4) is 22.4 Å². The van der Waals surface area contributed by atoms with E-state index in [1.54, 1.807) is 0 Å². The third-order valence-electron chi connectivity index (χ3n) is 5.32. The van der Waals surface area contributed by atoms with Crippen molar-refractivity contribution in [3.05, 3.63) is 84.3 Å². The van der Waals surface area contributed by atoms with Gasteiger partial charge in [0.25, 0.3) is 0 Å². The quantitative estimate of drug-likeness (QED) is 0.424. The summed E-state index contributed by atoms with van der Waals surface area (Å²) in [5.41, 5.74) is 7.51. The lowest BCUT2D eigenvalue weighted by molar-refractivity contribution is -0.659. The number of fused-ring (bicyclic) bond motifs is 1. The molecule has 0 fully saturated rings. The van der Waals surface area contributed by atoms with Crippen molar-refractivity contribution in [2.24, 2.45) is 7.05 Å². The van der Waals surface area contributed by atoms with Crippen molar-refractivity contribution >= 4 is 10.8 Å². The van der Waals surface area contributed by atoms with Crippen molar-refractivity contribution in [3.63, 3.8) is 0 Å². The van der Waals surface area contributed by atoms with Crippen molar-refractivity contribution < 1.29 is 4.57 Å². The molecule has 27 heavy (non-hydrogen) atoms. The molecule has 2 nitrogen and oxygen atoms in total. The lowest BCUT2D eigenvalue weighted by atomic mass is 9.93. The summed E-state index contributed by atoms with van der Waals surface area (Å²) in [6, 6.07) is 19.8. The molecule has 0 spiro atoms. The van der Waals surface area contributed by atoms with Crippen LogP contribution in [0.4, 0.5) is 0 Å². The summed E-state index contributed by atoms with van der Waals surface area (Å²) in [7, 11) is 2.13. The maximum Gasteiger partial charge on any atom is 0.220 e. The van der Waals surface area contributed by atoms with E-state index in [9.17, 15) is 0 Å². The van der Waals surface area contributed by atoms with Crippen LogP contribution in [-0.2, 0) is 7.05 Å². The predicted octanol–water partition coefficient (Wildman–Crippen LogP) is 5.83. The topological polar surface area (TPSA) is 16.8 Å². The van der Waals surface area contributed by atoms with Gasteiger partial charge in [0.2, 0.25) is 5.69 Å². The van der Waals surface area contributed by atoms with E-state index >= 15 is 0 Å². The summed E-state index contributed by atoms with van der Waals surface area (Å²) in [5, 5.41) is 2.58. The van der Waals surface area contributed by atoms with Gasteiger partial charge in [0, 0.05) is 24.0 Å². The minimum absolute atomic E-state index is 0.530. The first-order valence-electron chi connectivity index (χ1n) is 9.48. The zero-order chi connectivity index (χ0) is 19.0. The van der Waals surface area contributed by atoms with Crippen LogP contribution in [-0.4, -0.2) is 4.98 Å². The monoisotopic (exact) mass is 353 g/mol. The van der Waals surface area contributed by atoms with Crippen molar-refractivity contribution in [2.45, 2.75) is 26.7 Å². The second kappa shape index (κ2) is 6.96. The molecule has 0 aliphatic carbocycles. The van der Waals surface area contributed by atoms with Gasteiger partial charge in [-0.25, -0.2) is 4.57 Å². The molecule has 4 aromatic rings. The number of hydrogen-bond donors (Lipinski definition) is 0. The maximum absolute atomic E-state index is 4.27. The van der Waals surface area contributed by atoms with E-state index < -0.39 is 0 Å². The lowest BCUT2D eigenvalue weighted by Gasteiger charge is -2.12. The predicted molar refractivity (Wildman–Crippen MR) is 113 cm³/mol. The van der Waals surface area contributed by atoms with Crippen LogP contribution in [0.15, 0.2) is 73.2 Å². The van der Waals surface area contributed by atoms with E-state index in [2.05, 4.69) is 92.1 Å². The van der Waals surface area contributed by atoms with Crippen LogP contribution in [0, 0.1) is 6.92 Å². The Labute approximate surface area is 161 Å². The van der Waals surface area contributed by atoms with E-state index in [-0.39, 0.29) is 0 Å². The average Bonchev–Trinajstić information content (AvgIpc) is 2.69. The van der Waals surface area contributed by atoms with Crippen LogP contribution >= 0.6 is 0 Å².